The van der Waals surface area contributed by atoms with Gasteiger partial charge >= 0.3 is 0 Å². The lowest BCUT2D eigenvalue weighted by molar-refractivity contribution is 0.288. The molecule has 1 heterocycles. The van der Waals surface area contributed by atoms with Crippen LogP contribution in [0.4, 0.5) is 0 Å². The maximum absolute atomic E-state index is 5.69. The highest BCUT2D eigenvalue weighted by Crippen LogP contribution is 2.30. The van der Waals surface area contributed by atoms with Crippen molar-refractivity contribution in [3.8, 4) is 11.5 Å². The number of methoxy groups -OCH3 is 1. The van der Waals surface area contributed by atoms with E-state index >= 15 is 0 Å². The number of nitrogens with one attached hydrogen (secondary N) is 1. The first-order chi connectivity index (χ1) is 10.3. The summed E-state index contributed by atoms with van der Waals surface area (Å²) in [6.07, 6.45) is 2.20. The van der Waals surface area contributed by atoms with E-state index in [1.54, 1.807) is 7.11 Å². The van der Waals surface area contributed by atoms with Gasteiger partial charge in [0.05, 0.1) is 19.8 Å². The Morgan fingerprint density at radius 3 is 2.57 bits per heavy atom. The number of ether oxygens (including phenoxy) is 2. The molecule has 1 aliphatic rings. The van der Waals surface area contributed by atoms with Gasteiger partial charge in [-0.3, -0.25) is 0 Å². The maximum Gasteiger partial charge on any atom is 0.122 e. The van der Waals surface area contributed by atoms with Gasteiger partial charge in [-0.1, -0.05) is 24.3 Å². The van der Waals surface area contributed by atoms with E-state index in [1.807, 2.05) is 19.2 Å². The van der Waals surface area contributed by atoms with Crippen LogP contribution in [0.25, 0.3) is 0 Å². The predicted octanol–water partition coefficient (Wildman–Crippen LogP) is 3.33. The topological polar surface area (TPSA) is 30.5 Å². The van der Waals surface area contributed by atoms with Crippen LogP contribution in [0, 0.1) is 0 Å². The fourth-order valence-corrected chi connectivity index (χ4v) is 2.88. The number of hydrogen-bond acceptors (Lipinski definition) is 3. The van der Waals surface area contributed by atoms with Gasteiger partial charge in [0.2, 0.25) is 0 Å². The van der Waals surface area contributed by atoms with Crippen molar-refractivity contribution in [2.45, 2.75) is 18.9 Å². The van der Waals surface area contributed by atoms with Gasteiger partial charge in [0.1, 0.15) is 11.5 Å². The Morgan fingerprint density at radius 2 is 1.86 bits per heavy atom. The zero-order valence-corrected chi connectivity index (χ0v) is 12.6. The quantitative estimate of drug-likeness (QED) is 0.933. The normalized spacial score (nSPS) is 15.0. The molecule has 3 nitrogen and oxygen atoms in total. The van der Waals surface area contributed by atoms with E-state index in [4.69, 9.17) is 9.47 Å². The monoisotopic (exact) mass is 283 g/mol. The molecule has 0 saturated heterocycles. The predicted molar refractivity (Wildman–Crippen MR) is 84.2 cm³/mol. The summed E-state index contributed by atoms with van der Waals surface area (Å²) in [4.78, 5) is 0. The van der Waals surface area contributed by atoms with E-state index in [-0.39, 0.29) is 6.04 Å². The van der Waals surface area contributed by atoms with Crippen molar-refractivity contribution < 1.29 is 9.47 Å². The molecule has 1 N–H and O–H groups in total. The molecule has 1 atom stereocenters. The van der Waals surface area contributed by atoms with Crippen LogP contribution < -0.4 is 14.8 Å². The van der Waals surface area contributed by atoms with Gasteiger partial charge in [0, 0.05) is 0 Å². The van der Waals surface area contributed by atoms with Crippen molar-refractivity contribution >= 4 is 0 Å². The molecule has 0 spiro atoms. The van der Waals surface area contributed by atoms with E-state index < -0.39 is 0 Å². The van der Waals surface area contributed by atoms with Crippen molar-refractivity contribution in [2.24, 2.45) is 0 Å². The number of rotatable bonds is 4. The van der Waals surface area contributed by atoms with E-state index in [0.717, 1.165) is 30.9 Å². The van der Waals surface area contributed by atoms with Crippen molar-refractivity contribution in [1.29, 1.82) is 0 Å². The molecule has 110 valence electrons. The van der Waals surface area contributed by atoms with E-state index in [9.17, 15) is 0 Å². The lowest BCUT2D eigenvalue weighted by Crippen LogP contribution is -2.18. The van der Waals surface area contributed by atoms with Crippen molar-refractivity contribution in [3.05, 3.63) is 59.2 Å². The second-order valence-corrected chi connectivity index (χ2v) is 5.31. The van der Waals surface area contributed by atoms with E-state index in [2.05, 4.69) is 35.6 Å². The first-order valence-electron chi connectivity index (χ1n) is 7.38. The molecule has 0 fully saturated rings. The van der Waals surface area contributed by atoms with Gasteiger partial charge in [-0.2, -0.15) is 0 Å². The molecule has 1 aliphatic heterocycles. The Balaban J connectivity index is 1.91. The molecule has 0 radical (unpaired) electrons. The van der Waals surface area contributed by atoms with Crippen molar-refractivity contribution in [2.75, 3.05) is 20.8 Å². The fourth-order valence-electron chi connectivity index (χ4n) is 2.88. The molecule has 0 saturated carbocycles. The Kier molecular flexibility index (Phi) is 4.11. The molecule has 3 heteroatoms. The Labute approximate surface area is 125 Å². The van der Waals surface area contributed by atoms with Crippen LogP contribution >= 0.6 is 0 Å². The highest BCUT2D eigenvalue weighted by Gasteiger charge is 2.16. The average Bonchev–Trinajstić information content (AvgIpc) is 2.56. The summed E-state index contributed by atoms with van der Waals surface area (Å²) in [7, 11) is 3.68. The molecule has 0 amide bonds. The van der Waals surface area contributed by atoms with Crippen LogP contribution in [0.1, 0.15) is 29.2 Å². The molecular formula is C18H21NO2. The third kappa shape index (κ3) is 2.88. The van der Waals surface area contributed by atoms with Crippen molar-refractivity contribution in [3.63, 3.8) is 0 Å². The molecule has 0 aromatic heterocycles. The van der Waals surface area contributed by atoms with Crippen LogP contribution in [0.2, 0.25) is 0 Å². The largest absolute Gasteiger partial charge is 0.497 e. The SMILES string of the molecule is CNC(c1ccc(OC)cc1)c1ccc2c(c1)CCCO2. The van der Waals surface area contributed by atoms with Crippen LogP contribution in [0.3, 0.4) is 0 Å². The van der Waals surface area contributed by atoms with Crippen molar-refractivity contribution in [1.82, 2.24) is 5.32 Å². The summed E-state index contributed by atoms with van der Waals surface area (Å²) in [6, 6.07) is 14.9. The maximum atomic E-state index is 5.69. The summed E-state index contributed by atoms with van der Waals surface area (Å²) in [5.41, 5.74) is 3.81. The zero-order chi connectivity index (χ0) is 14.7. The summed E-state index contributed by atoms with van der Waals surface area (Å²) in [5, 5.41) is 3.40. The minimum atomic E-state index is 0.183. The summed E-state index contributed by atoms with van der Waals surface area (Å²) >= 11 is 0. The van der Waals surface area contributed by atoms with Crippen LogP contribution in [0.5, 0.6) is 11.5 Å². The van der Waals surface area contributed by atoms with Crippen LogP contribution in [-0.2, 0) is 6.42 Å². The number of benzene rings is 2. The van der Waals surface area contributed by atoms with E-state index in [0.29, 0.717) is 0 Å². The summed E-state index contributed by atoms with van der Waals surface area (Å²) in [5.74, 6) is 1.92. The van der Waals surface area contributed by atoms with Gasteiger partial charge in [-0.25, -0.2) is 0 Å². The third-order valence-electron chi connectivity index (χ3n) is 4.00. The molecule has 2 aromatic rings. The second kappa shape index (κ2) is 6.19. The molecule has 2 aromatic carbocycles. The molecule has 0 bridgehead atoms. The molecule has 3 rings (SSSR count). The van der Waals surface area contributed by atoms with E-state index in [1.165, 1.54) is 16.7 Å². The summed E-state index contributed by atoms with van der Waals surface area (Å²) in [6.45, 7) is 0.834. The fraction of sp³-hybridized carbons (Fsp3) is 0.333. The first kappa shape index (κ1) is 14.0. The highest BCUT2D eigenvalue weighted by atomic mass is 16.5. The van der Waals surface area contributed by atoms with Gasteiger partial charge in [-0.15, -0.1) is 0 Å². The highest BCUT2D eigenvalue weighted by molar-refractivity contribution is 5.43. The van der Waals surface area contributed by atoms with Gasteiger partial charge in [0.15, 0.2) is 0 Å². The number of hydrogen-bond donors (Lipinski definition) is 1. The van der Waals surface area contributed by atoms with Gasteiger partial charge in [0.25, 0.3) is 0 Å². The molecular weight excluding hydrogens is 262 g/mol. The third-order valence-corrected chi connectivity index (χ3v) is 4.00. The molecule has 0 aliphatic carbocycles. The average molecular weight is 283 g/mol. The Hall–Kier alpha value is -2.00. The minimum absolute atomic E-state index is 0.183. The molecule has 1 unspecified atom stereocenters. The van der Waals surface area contributed by atoms with Crippen LogP contribution in [0.15, 0.2) is 42.5 Å². The Morgan fingerprint density at radius 1 is 1.10 bits per heavy atom. The lowest BCUT2D eigenvalue weighted by Gasteiger charge is -2.22. The second-order valence-electron chi connectivity index (χ2n) is 5.31. The smallest absolute Gasteiger partial charge is 0.122 e. The Bertz CT molecular complexity index is 607. The molecule has 21 heavy (non-hydrogen) atoms. The van der Waals surface area contributed by atoms with Crippen LogP contribution in [-0.4, -0.2) is 20.8 Å². The summed E-state index contributed by atoms with van der Waals surface area (Å²) < 4.78 is 10.9. The number of aryl methyl sites for hydroxylation is 1. The number of fused-ring (bicyclic) bond motifs is 1. The zero-order valence-electron chi connectivity index (χ0n) is 12.6. The van der Waals surface area contributed by atoms with Gasteiger partial charge in [-0.05, 0) is 54.8 Å². The van der Waals surface area contributed by atoms with Gasteiger partial charge < -0.3 is 14.8 Å². The lowest BCUT2D eigenvalue weighted by atomic mass is 9.95. The standard InChI is InChI=1S/C18H21NO2/c1-19-18(13-5-8-16(20-2)9-6-13)15-7-10-17-14(12-15)4-3-11-21-17/h5-10,12,18-19H,3-4,11H2,1-2H3. The minimum Gasteiger partial charge on any atom is -0.497 e. The first-order valence-corrected chi connectivity index (χ1v) is 7.38.